The van der Waals surface area contributed by atoms with Crippen molar-refractivity contribution >= 4 is 11.3 Å². The lowest BCUT2D eigenvalue weighted by molar-refractivity contribution is 0.744. The van der Waals surface area contributed by atoms with Crippen molar-refractivity contribution in [2.24, 2.45) is 5.73 Å². The predicted octanol–water partition coefficient (Wildman–Crippen LogP) is 2.66. The Labute approximate surface area is 101 Å². The van der Waals surface area contributed by atoms with Crippen LogP contribution in [-0.4, -0.2) is 11.1 Å². The smallest absolute Gasteiger partial charge is 0.0566 e. The Morgan fingerprint density at radius 3 is 2.75 bits per heavy atom. The van der Waals surface area contributed by atoms with E-state index in [-0.39, 0.29) is 0 Å². The van der Waals surface area contributed by atoms with Crippen molar-refractivity contribution in [2.75, 3.05) is 6.54 Å². The summed E-state index contributed by atoms with van der Waals surface area (Å²) in [5.41, 5.74) is 6.92. The number of hydrogen-bond donors (Lipinski definition) is 1. The maximum Gasteiger partial charge on any atom is 0.0566 e. The topological polar surface area (TPSA) is 30.9 Å². The van der Waals surface area contributed by atoms with Crippen molar-refractivity contribution in [1.82, 2.24) is 4.57 Å². The fourth-order valence-corrected chi connectivity index (χ4v) is 2.80. The molecule has 0 saturated heterocycles. The lowest BCUT2D eigenvalue weighted by Crippen LogP contribution is -2.08. The van der Waals surface area contributed by atoms with Crippen molar-refractivity contribution in [2.45, 2.75) is 26.3 Å². The Kier molecular flexibility index (Phi) is 3.80. The zero-order chi connectivity index (χ0) is 11.4. The van der Waals surface area contributed by atoms with Gasteiger partial charge in [0, 0.05) is 21.6 Å². The van der Waals surface area contributed by atoms with Crippen molar-refractivity contribution in [1.29, 1.82) is 0 Å². The van der Waals surface area contributed by atoms with Crippen LogP contribution in [0.1, 0.15) is 22.4 Å². The number of aryl methyl sites for hydroxylation is 1. The van der Waals surface area contributed by atoms with Gasteiger partial charge in [0.25, 0.3) is 0 Å². The van der Waals surface area contributed by atoms with Gasteiger partial charge in [0.15, 0.2) is 0 Å². The summed E-state index contributed by atoms with van der Waals surface area (Å²) >= 11 is 1.91. The van der Waals surface area contributed by atoms with Crippen molar-refractivity contribution in [3.63, 3.8) is 0 Å². The molecule has 2 N–H and O–H groups in total. The monoisotopic (exact) mass is 234 g/mol. The van der Waals surface area contributed by atoms with Gasteiger partial charge in [-0.25, -0.2) is 0 Å². The standard InChI is InChI=1S/C13H18N2S/c1-2-12-5-6-13(16-12)10-15-9-3-4-11(15)7-8-14/h3-6,9H,2,7-8,10,14H2,1H3. The van der Waals surface area contributed by atoms with Gasteiger partial charge < -0.3 is 10.3 Å². The number of nitrogens with two attached hydrogens (primary N) is 1. The van der Waals surface area contributed by atoms with Gasteiger partial charge in [-0.2, -0.15) is 0 Å². The summed E-state index contributed by atoms with van der Waals surface area (Å²) in [6, 6.07) is 8.71. The maximum atomic E-state index is 5.60. The molecule has 0 spiro atoms. The molecule has 0 aliphatic heterocycles. The molecule has 0 unspecified atom stereocenters. The van der Waals surface area contributed by atoms with Gasteiger partial charge in [0.2, 0.25) is 0 Å². The van der Waals surface area contributed by atoms with Gasteiger partial charge in [0.1, 0.15) is 0 Å². The molecule has 2 aromatic heterocycles. The Bertz CT molecular complexity index is 442. The van der Waals surface area contributed by atoms with Gasteiger partial charge in [-0.05, 0) is 43.7 Å². The van der Waals surface area contributed by atoms with E-state index in [4.69, 9.17) is 5.73 Å². The van der Waals surface area contributed by atoms with E-state index in [0.717, 1.165) is 19.4 Å². The van der Waals surface area contributed by atoms with Crippen LogP contribution in [0.15, 0.2) is 30.5 Å². The normalized spacial score (nSPS) is 10.9. The van der Waals surface area contributed by atoms with Gasteiger partial charge >= 0.3 is 0 Å². The van der Waals surface area contributed by atoms with Crippen LogP contribution in [0, 0.1) is 0 Å². The van der Waals surface area contributed by atoms with E-state index in [1.165, 1.54) is 15.4 Å². The predicted molar refractivity (Wildman–Crippen MR) is 70.0 cm³/mol. The third-order valence-electron chi connectivity index (χ3n) is 2.72. The van der Waals surface area contributed by atoms with Gasteiger partial charge in [0.05, 0.1) is 6.54 Å². The van der Waals surface area contributed by atoms with Gasteiger partial charge in [-0.15, -0.1) is 11.3 Å². The van der Waals surface area contributed by atoms with Crippen LogP contribution in [0.4, 0.5) is 0 Å². The minimum absolute atomic E-state index is 0.717. The van der Waals surface area contributed by atoms with Crippen LogP contribution in [0.5, 0.6) is 0 Å². The van der Waals surface area contributed by atoms with Crippen molar-refractivity contribution in [3.05, 3.63) is 45.9 Å². The SMILES string of the molecule is CCc1ccc(Cn2cccc2CCN)s1. The number of thiophene rings is 1. The molecule has 0 aliphatic carbocycles. The first-order valence-electron chi connectivity index (χ1n) is 5.75. The molecule has 0 aromatic carbocycles. The van der Waals surface area contributed by atoms with Crippen molar-refractivity contribution < 1.29 is 0 Å². The molecule has 3 heteroatoms. The summed E-state index contributed by atoms with van der Waals surface area (Å²) in [6.07, 6.45) is 4.22. The molecule has 0 bridgehead atoms. The molecule has 0 aliphatic rings. The summed E-state index contributed by atoms with van der Waals surface area (Å²) in [4.78, 5) is 2.88. The van der Waals surface area contributed by atoms with Crippen LogP contribution in [0.2, 0.25) is 0 Å². The van der Waals surface area contributed by atoms with Gasteiger partial charge in [-0.3, -0.25) is 0 Å². The molecule has 2 aromatic rings. The molecule has 0 fully saturated rings. The molecule has 16 heavy (non-hydrogen) atoms. The molecular formula is C13H18N2S. The summed E-state index contributed by atoms with van der Waals surface area (Å²) in [5, 5.41) is 0. The highest BCUT2D eigenvalue weighted by molar-refractivity contribution is 7.11. The second-order valence-electron chi connectivity index (χ2n) is 3.89. The minimum Gasteiger partial charge on any atom is -0.346 e. The molecule has 0 saturated carbocycles. The van der Waals surface area contributed by atoms with E-state index in [9.17, 15) is 0 Å². The first-order valence-corrected chi connectivity index (χ1v) is 6.56. The second-order valence-corrected chi connectivity index (χ2v) is 5.14. The fraction of sp³-hybridized carbons (Fsp3) is 0.385. The van der Waals surface area contributed by atoms with Crippen LogP contribution in [-0.2, 0) is 19.4 Å². The van der Waals surface area contributed by atoms with Crippen molar-refractivity contribution in [3.8, 4) is 0 Å². The molecule has 0 amide bonds. The summed E-state index contributed by atoms with van der Waals surface area (Å²) in [6.45, 7) is 3.90. The van der Waals surface area contributed by atoms with Gasteiger partial charge in [-0.1, -0.05) is 6.92 Å². The highest BCUT2D eigenvalue weighted by Crippen LogP contribution is 2.19. The average Bonchev–Trinajstić information content (AvgIpc) is 2.90. The average molecular weight is 234 g/mol. The summed E-state index contributed by atoms with van der Waals surface area (Å²) in [7, 11) is 0. The Morgan fingerprint density at radius 2 is 2.06 bits per heavy atom. The first kappa shape index (κ1) is 11.4. The van der Waals surface area contributed by atoms with E-state index < -0.39 is 0 Å². The summed E-state index contributed by atoms with van der Waals surface area (Å²) < 4.78 is 2.29. The molecule has 2 nitrogen and oxygen atoms in total. The number of hydrogen-bond acceptors (Lipinski definition) is 2. The highest BCUT2D eigenvalue weighted by Gasteiger charge is 2.03. The number of nitrogens with zero attached hydrogens (tertiary/aromatic N) is 1. The first-order chi connectivity index (χ1) is 7.83. The minimum atomic E-state index is 0.717. The van der Waals surface area contributed by atoms with E-state index in [2.05, 4.69) is 42.0 Å². The highest BCUT2D eigenvalue weighted by atomic mass is 32.1. The van der Waals surface area contributed by atoms with E-state index in [1.807, 2.05) is 11.3 Å². The van der Waals surface area contributed by atoms with E-state index >= 15 is 0 Å². The third kappa shape index (κ3) is 2.54. The summed E-state index contributed by atoms with van der Waals surface area (Å²) in [5.74, 6) is 0. The fourth-order valence-electron chi connectivity index (χ4n) is 1.84. The zero-order valence-corrected chi connectivity index (χ0v) is 10.5. The molecule has 0 radical (unpaired) electrons. The molecule has 86 valence electrons. The zero-order valence-electron chi connectivity index (χ0n) is 9.65. The maximum absolute atomic E-state index is 5.60. The van der Waals surface area contributed by atoms with E-state index in [0.29, 0.717) is 6.54 Å². The lowest BCUT2D eigenvalue weighted by Gasteiger charge is -2.06. The Morgan fingerprint density at radius 1 is 1.25 bits per heavy atom. The molecule has 2 rings (SSSR count). The van der Waals surface area contributed by atoms with Crippen LogP contribution in [0.3, 0.4) is 0 Å². The van der Waals surface area contributed by atoms with Crippen LogP contribution in [0.25, 0.3) is 0 Å². The quantitative estimate of drug-likeness (QED) is 0.847. The Hall–Kier alpha value is -1.06. The molecule has 0 atom stereocenters. The lowest BCUT2D eigenvalue weighted by atomic mass is 10.3. The molecular weight excluding hydrogens is 216 g/mol. The van der Waals surface area contributed by atoms with Crippen LogP contribution >= 0.6 is 11.3 Å². The van der Waals surface area contributed by atoms with Crippen LogP contribution < -0.4 is 5.73 Å². The number of rotatable bonds is 5. The molecule has 2 heterocycles. The Balaban J connectivity index is 2.10. The second kappa shape index (κ2) is 5.32. The number of aromatic nitrogens is 1. The van der Waals surface area contributed by atoms with E-state index in [1.54, 1.807) is 0 Å². The largest absolute Gasteiger partial charge is 0.346 e. The third-order valence-corrected chi connectivity index (χ3v) is 3.93.